The lowest BCUT2D eigenvalue weighted by molar-refractivity contribution is 0.249. The van der Waals surface area contributed by atoms with E-state index in [2.05, 4.69) is 32.8 Å². The van der Waals surface area contributed by atoms with Crippen LogP contribution in [0.15, 0.2) is 15.9 Å². The zero-order valence-corrected chi connectivity index (χ0v) is 12.3. The van der Waals surface area contributed by atoms with Crippen molar-refractivity contribution in [2.45, 2.75) is 38.1 Å². The van der Waals surface area contributed by atoms with Crippen molar-refractivity contribution in [3.8, 4) is 0 Å². The van der Waals surface area contributed by atoms with E-state index in [1.54, 1.807) is 0 Å². The molecule has 2 bridgehead atoms. The normalized spacial score (nSPS) is 33.2. The van der Waals surface area contributed by atoms with Gasteiger partial charge in [0.1, 0.15) is 0 Å². The van der Waals surface area contributed by atoms with Gasteiger partial charge in [0, 0.05) is 20.8 Å². The summed E-state index contributed by atoms with van der Waals surface area (Å²) in [5.74, 6) is 8.52. The maximum Gasteiger partial charge on any atom is 0.0289 e. The van der Waals surface area contributed by atoms with Crippen LogP contribution in [0, 0.1) is 17.8 Å². The molecular weight excluding hydrogens is 296 g/mol. The minimum Gasteiger partial charge on any atom is -0.271 e. The van der Waals surface area contributed by atoms with Crippen LogP contribution in [-0.2, 0) is 6.42 Å². The molecule has 1 heterocycles. The molecule has 0 aliphatic heterocycles. The van der Waals surface area contributed by atoms with Crippen LogP contribution in [0.25, 0.3) is 0 Å². The number of hydrogen-bond donors (Lipinski definition) is 2. The third-order valence-electron chi connectivity index (χ3n) is 4.57. The SMILES string of the molecule is NNC(Cc1cc(Br)cs1)C1CC2CCC1C2. The number of hydrogen-bond acceptors (Lipinski definition) is 3. The number of thiophene rings is 1. The minimum absolute atomic E-state index is 0.468. The van der Waals surface area contributed by atoms with E-state index in [9.17, 15) is 0 Å². The van der Waals surface area contributed by atoms with Crippen molar-refractivity contribution in [1.82, 2.24) is 5.43 Å². The largest absolute Gasteiger partial charge is 0.271 e. The molecule has 2 fully saturated rings. The van der Waals surface area contributed by atoms with Crippen molar-refractivity contribution in [3.63, 3.8) is 0 Å². The van der Waals surface area contributed by atoms with Gasteiger partial charge in [-0.3, -0.25) is 11.3 Å². The Morgan fingerprint density at radius 2 is 2.35 bits per heavy atom. The Kier molecular flexibility index (Phi) is 3.57. The average molecular weight is 315 g/mol. The predicted molar refractivity (Wildman–Crippen MR) is 75.8 cm³/mol. The van der Waals surface area contributed by atoms with Gasteiger partial charge in [0.05, 0.1) is 0 Å². The van der Waals surface area contributed by atoms with Gasteiger partial charge in [0.25, 0.3) is 0 Å². The number of rotatable bonds is 4. The fourth-order valence-corrected chi connectivity index (χ4v) is 5.31. The smallest absolute Gasteiger partial charge is 0.0289 e. The first-order valence-corrected chi connectivity index (χ1v) is 8.12. The van der Waals surface area contributed by atoms with Gasteiger partial charge in [-0.15, -0.1) is 11.3 Å². The van der Waals surface area contributed by atoms with Crippen LogP contribution in [0.3, 0.4) is 0 Å². The fraction of sp³-hybridized carbons (Fsp3) is 0.692. The molecule has 3 rings (SSSR count). The number of fused-ring (bicyclic) bond motifs is 2. The summed E-state index contributed by atoms with van der Waals surface area (Å²) < 4.78 is 1.20. The molecule has 0 amide bonds. The zero-order chi connectivity index (χ0) is 11.8. The predicted octanol–water partition coefficient (Wildman–Crippen LogP) is 3.32. The highest BCUT2D eigenvalue weighted by Crippen LogP contribution is 2.49. The maximum absolute atomic E-state index is 5.78. The lowest BCUT2D eigenvalue weighted by Gasteiger charge is -2.29. The Labute approximate surface area is 115 Å². The van der Waals surface area contributed by atoms with E-state index in [1.807, 2.05) is 11.3 Å². The van der Waals surface area contributed by atoms with Crippen molar-refractivity contribution in [3.05, 3.63) is 20.8 Å². The summed E-state index contributed by atoms with van der Waals surface area (Å²) in [6.07, 6.45) is 6.83. The molecule has 0 aromatic carbocycles. The Bertz CT molecular complexity index is 393. The molecule has 4 atom stereocenters. The van der Waals surface area contributed by atoms with Crippen molar-refractivity contribution in [1.29, 1.82) is 0 Å². The number of nitrogens with two attached hydrogens (primary N) is 1. The molecule has 2 aliphatic carbocycles. The number of hydrazine groups is 1. The quantitative estimate of drug-likeness (QED) is 0.661. The van der Waals surface area contributed by atoms with Gasteiger partial charge >= 0.3 is 0 Å². The number of halogens is 1. The second kappa shape index (κ2) is 5.00. The Balaban J connectivity index is 1.67. The summed E-state index contributed by atoms with van der Waals surface area (Å²) in [5.41, 5.74) is 3.08. The Hall–Kier alpha value is 0.1000. The number of nitrogens with one attached hydrogen (secondary N) is 1. The summed E-state index contributed by atoms with van der Waals surface area (Å²) >= 11 is 5.35. The van der Waals surface area contributed by atoms with Crippen LogP contribution < -0.4 is 11.3 Å². The van der Waals surface area contributed by atoms with Crippen LogP contribution in [-0.4, -0.2) is 6.04 Å². The molecule has 4 heteroatoms. The summed E-state index contributed by atoms with van der Waals surface area (Å²) in [6, 6.07) is 2.69. The van der Waals surface area contributed by atoms with E-state index in [1.165, 1.54) is 35.0 Å². The molecule has 1 aromatic rings. The second-order valence-electron chi connectivity index (χ2n) is 5.55. The van der Waals surface area contributed by atoms with Gasteiger partial charge in [-0.2, -0.15) is 0 Å². The first kappa shape index (κ1) is 12.2. The Morgan fingerprint density at radius 1 is 1.47 bits per heavy atom. The van der Waals surface area contributed by atoms with Crippen LogP contribution >= 0.6 is 27.3 Å². The molecule has 94 valence electrons. The van der Waals surface area contributed by atoms with E-state index >= 15 is 0 Å². The molecule has 3 N–H and O–H groups in total. The maximum atomic E-state index is 5.78. The summed E-state index contributed by atoms with van der Waals surface area (Å²) in [4.78, 5) is 1.43. The molecule has 0 radical (unpaired) electrons. The van der Waals surface area contributed by atoms with E-state index in [4.69, 9.17) is 5.84 Å². The van der Waals surface area contributed by atoms with Crippen LogP contribution in [0.4, 0.5) is 0 Å². The van der Waals surface area contributed by atoms with Crippen molar-refractivity contribution >= 4 is 27.3 Å². The summed E-state index contributed by atoms with van der Waals surface area (Å²) in [7, 11) is 0. The molecule has 2 saturated carbocycles. The summed E-state index contributed by atoms with van der Waals surface area (Å²) in [6.45, 7) is 0. The summed E-state index contributed by atoms with van der Waals surface area (Å²) in [5, 5.41) is 2.16. The van der Waals surface area contributed by atoms with Gasteiger partial charge in [0.2, 0.25) is 0 Å². The molecule has 4 unspecified atom stereocenters. The monoisotopic (exact) mass is 314 g/mol. The highest BCUT2D eigenvalue weighted by Gasteiger charge is 2.42. The Morgan fingerprint density at radius 3 is 2.88 bits per heavy atom. The van der Waals surface area contributed by atoms with Gasteiger partial charge in [-0.1, -0.05) is 6.42 Å². The van der Waals surface area contributed by atoms with Crippen molar-refractivity contribution in [2.24, 2.45) is 23.6 Å². The molecule has 2 nitrogen and oxygen atoms in total. The van der Waals surface area contributed by atoms with Crippen LogP contribution in [0.5, 0.6) is 0 Å². The second-order valence-corrected chi connectivity index (χ2v) is 7.46. The fourth-order valence-electron chi connectivity index (χ4n) is 3.80. The van der Waals surface area contributed by atoms with Crippen molar-refractivity contribution in [2.75, 3.05) is 0 Å². The van der Waals surface area contributed by atoms with E-state index in [-0.39, 0.29) is 0 Å². The molecular formula is C13H19BrN2S. The first-order chi connectivity index (χ1) is 8.26. The minimum atomic E-state index is 0.468. The van der Waals surface area contributed by atoms with Crippen LogP contribution in [0.1, 0.15) is 30.6 Å². The lowest BCUT2D eigenvalue weighted by atomic mass is 9.82. The molecule has 0 saturated heterocycles. The van der Waals surface area contributed by atoms with E-state index in [0.717, 1.165) is 24.2 Å². The van der Waals surface area contributed by atoms with Crippen molar-refractivity contribution < 1.29 is 0 Å². The highest BCUT2D eigenvalue weighted by molar-refractivity contribution is 9.10. The standard InChI is InChI=1S/C13H19BrN2S/c14-10-5-11(17-7-10)6-13(16-15)12-4-8-1-2-9(12)3-8/h5,7-9,12-13,16H,1-4,6,15H2. The van der Waals surface area contributed by atoms with E-state index < -0.39 is 0 Å². The van der Waals surface area contributed by atoms with E-state index in [0.29, 0.717) is 6.04 Å². The molecule has 0 spiro atoms. The molecule has 17 heavy (non-hydrogen) atoms. The third-order valence-corrected chi connectivity index (χ3v) is 6.29. The van der Waals surface area contributed by atoms with Gasteiger partial charge < -0.3 is 0 Å². The van der Waals surface area contributed by atoms with Crippen LogP contribution in [0.2, 0.25) is 0 Å². The first-order valence-electron chi connectivity index (χ1n) is 6.45. The average Bonchev–Trinajstić information content (AvgIpc) is 3.01. The topological polar surface area (TPSA) is 38.0 Å². The van der Waals surface area contributed by atoms with Gasteiger partial charge in [-0.25, -0.2) is 0 Å². The third kappa shape index (κ3) is 2.46. The lowest BCUT2D eigenvalue weighted by Crippen LogP contribution is -2.44. The molecule has 2 aliphatic rings. The highest BCUT2D eigenvalue weighted by atomic mass is 79.9. The zero-order valence-electron chi connectivity index (χ0n) is 9.86. The van der Waals surface area contributed by atoms with Gasteiger partial charge in [-0.05, 0) is 65.4 Å². The van der Waals surface area contributed by atoms with Gasteiger partial charge in [0.15, 0.2) is 0 Å². The molecule has 1 aromatic heterocycles.